The van der Waals surface area contributed by atoms with Crippen molar-refractivity contribution in [1.82, 2.24) is 0 Å². The molecule has 2 aliphatic heterocycles. The van der Waals surface area contributed by atoms with E-state index in [1.807, 2.05) is 59.9 Å². The molecule has 0 fully saturated rings. The first kappa shape index (κ1) is 35.2. The van der Waals surface area contributed by atoms with Gasteiger partial charge in [0.1, 0.15) is 0 Å². The van der Waals surface area contributed by atoms with Crippen LogP contribution in [0.15, 0.2) is 226 Å². The summed E-state index contributed by atoms with van der Waals surface area (Å²) in [5.41, 5.74) is 8.70. The Morgan fingerprint density at radius 3 is 1.23 bits per heavy atom. The summed E-state index contributed by atoms with van der Waals surface area (Å²) < 4.78 is 2.52. The Kier molecular flexibility index (Phi) is 8.38. The first-order chi connectivity index (χ1) is 30.2. The standard InChI is InChI=1S/C54H36N6S/c1-3-11-39(12-4-1)59(41-24-19-35(20-25-41)53-55-47-15-7-8-16-48(47)56-53)43-28-23-37-32-45-46-34-44(29-30-51(46)61-52(45)33-38(37)31-43)60(40-13-5-2-6-14-40)42-26-21-36(22-27-42)54-57-49-17-9-10-18-50(49)58-54/h1-34,53-54H. The number of anilines is 6. The summed E-state index contributed by atoms with van der Waals surface area (Å²) in [4.78, 5) is 24.1. The molecule has 0 saturated heterocycles. The van der Waals surface area contributed by atoms with Crippen molar-refractivity contribution in [2.45, 2.75) is 12.3 Å². The van der Waals surface area contributed by atoms with Gasteiger partial charge in [-0.3, -0.25) is 20.0 Å². The van der Waals surface area contributed by atoms with Crippen LogP contribution >= 0.6 is 11.3 Å². The number of hydrogen-bond donors (Lipinski definition) is 0. The Hall–Kier alpha value is -7.74. The lowest BCUT2D eigenvalue weighted by Crippen LogP contribution is -2.19. The van der Waals surface area contributed by atoms with Gasteiger partial charge in [-0.05, 0) is 137 Å². The fourth-order valence-corrected chi connectivity index (χ4v) is 9.78. The van der Waals surface area contributed by atoms with E-state index >= 15 is 0 Å². The smallest absolute Gasteiger partial charge is 0.166 e. The molecule has 0 bridgehead atoms. The molecule has 2 aliphatic rings. The van der Waals surface area contributed by atoms with Crippen LogP contribution in [0.3, 0.4) is 0 Å². The van der Waals surface area contributed by atoms with Gasteiger partial charge in [0, 0.05) is 54.3 Å². The molecule has 0 spiro atoms. The van der Waals surface area contributed by atoms with E-state index in [-0.39, 0.29) is 12.3 Å². The molecule has 0 N–H and O–H groups in total. The van der Waals surface area contributed by atoms with Crippen LogP contribution in [0.5, 0.6) is 0 Å². The molecule has 0 aliphatic carbocycles. The predicted octanol–water partition coefficient (Wildman–Crippen LogP) is 12.1. The van der Waals surface area contributed by atoms with Crippen molar-refractivity contribution in [3.8, 4) is 0 Å². The predicted molar refractivity (Wildman–Crippen MR) is 249 cm³/mol. The molecule has 0 unspecified atom stereocenters. The summed E-state index contributed by atoms with van der Waals surface area (Å²) in [7, 11) is 0. The van der Waals surface area contributed by atoms with Crippen LogP contribution in [-0.4, -0.2) is 0 Å². The van der Waals surface area contributed by atoms with Crippen LogP contribution in [0.4, 0.5) is 34.1 Å². The maximum atomic E-state index is 4.87. The number of para-hydroxylation sites is 6. The molecule has 1 aromatic heterocycles. The zero-order chi connectivity index (χ0) is 40.3. The molecule has 0 saturated carbocycles. The molecule has 10 aromatic rings. The van der Waals surface area contributed by atoms with Crippen molar-refractivity contribution < 1.29 is 0 Å². The second-order valence-electron chi connectivity index (χ2n) is 15.4. The average molecular weight is 801 g/mol. The average Bonchev–Trinajstić information content (AvgIpc) is 4.05. The van der Waals surface area contributed by atoms with Crippen molar-refractivity contribution >= 4 is 76.4 Å². The van der Waals surface area contributed by atoms with Crippen LogP contribution in [0.25, 0.3) is 30.9 Å². The number of fused-ring (bicyclic) bond motifs is 6. The van der Waals surface area contributed by atoms with Crippen molar-refractivity contribution in [1.29, 1.82) is 0 Å². The number of thiophene rings is 1. The maximum absolute atomic E-state index is 4.87. The lowest BCUT2D eigenvalue weighted by molar-refractivity contribution is 0.771. The van der Waals surface area contributed by atoms with Gasteiger partial charge >= 0.3 is 0 Å². The van der Waals surface area contributed by atoms with Crippen LogP contribution in [0, 0.1) is 0 Å². The zero-order valence-corrected chi connectivity index (χ0v) is 33.7. The Morgan fingerprint density at radius 2 is 0.721 bits per heavy atom. The second kappa shape index (κ2) is 14.5. The van der Waals surface area contributed by atoms with Gasteiger partial charge in [0.15, 0.2) is 12.3 Å². The van der Waals surface area contributed by atoms with Crippen LogP contribution in [-0.2, 0) is 0 Å². The summed E-state index contributed by atoms with van der Waals surface area (Å²) in [6.45, 7) is 0. The van der Waals surface area contributed by atoms with Gasteiger partial charge in [-0.1, -0.05) is 91.0 Å². The molecule has 0 atom stereocenters. The molecule has 0 radical (unpaired) electrons. The highest BCUT2D eigenvalue weighted by molar-refractivity contribution is 7.25. The molecule has 0 amide bonds. The molecule has 61 heavy (non-hydrogen) atoms. The van der Waals surface area contributed by atoms with E-state index < -0.39 is 0 Å². The normalized spacial score (nSPS) is 13.3. The van der Waals surface area contributed by atoms with E-state index in [2.05, 4.69) is 168 Å². The highest BCUT2D eigenvalue weighted by atomic mass is 32.1. The summed E-state index contributed by atoms with van der Waals surface area (Å²) in [5, 5.41) is 8.70. The molecule has 9 aromatic carbocycles. The van der Waals surface area contributed by atoms with Gasteiger partial charge < -0.3 is 9.80 Å². The van der Waals surface area contributed by atoms with Crippen LogP contribution < -0.4 is 31.2 Å². The summed E-state index contributed by atoms with van der Waals surface area (Å²) >= 11 is 1.84. The topological polar surface area (TPSA) is 55.9 Å². The number of nitrogens with zero attached hydrogens (tertiary/aromatic N) is 6. The SMILES string of the molecule is c1ccc(N(c2ccc(C3N=c4ccccc4=N3)cc2)c2ccc3cc4c(cc3c2)sc2ccc(N(c3ccccc3)c3ccc(C5N=c6ccccc6=N5)cc3)cc24)cc1. The third-order valence-corrected chi connectivity index (χ3v) is 12.8. The Balaban J connectivity index is 0.898. The lowest BCUT2D eigenvalue weighted by Gasteiger charge is -2.26. The highest BCUT2D eigenvalue weighted by Gasteiger charge is 2.19. The van der Waals surface area contributed by atoms with Gasteiger partial charge in [0.25, 0.3) is 0 Å². The van der Waals surface area contributed by atoms with Crippen molar-refractivity contribution in [2.75, 3.05) is 9.80 Å². The van der Waals surface area contributed by atoms with Crippen molar-refractivity contribution in [3.05, 3.63) is 239 Å². The number of rotatable bonds is 8. The van der Waals surface area contributed by atoms with Gasteiger partial charge in [-0.15, -0.1) is 11.3 Å². The largest absolute Gasteiger partial charge is 0.310 e. The third-order valence-electron chi connectivity index (χ3n) is 11.6. The number of benzene rings is 9. The first-order valence-corrected chi connectivity index (χ1v) is 21.3. The Labute approximate surface area is 355 Å². The Bertz CT molecular complexity index is 3480. The molecule has 3 heterocycles. The lowest BCUT2D eigenvalue weighted by atomic mass is 10.0. The monoisotopic (exact) mass is 800 g/mol. The van der Waals surface area contributed by atoms with E-state index in [4.69, 9.17) is 20.0 Å². The van der Waals surface area contributed by atoms with E-state index in [1.165, 1.54) is 30.9 Å². The van der Waals surface area contributed by atoms with E-state index in [0.29, 0.717) is 0 Å². The molecule has 7 heteroatoms. The van der Waals surface area contributed by atoms with Gasteiger partial charge in [-0.2, -0.15) is 0 Å². The molecule has 6 nitrogen and oxygen atoms in total. The Morgan fingerprint density at radius 1 is 0.311 bits per heavy atom. The highest BCUT2D eigenvalue weighted by Crippen LogP contribution is 2.43. The fraction of sp³-hybridized carbons (Fsp3) is 0.0370. The van der Waals surface area contributed by atoms with E-state index in [1.54, 1.807) is 0 Å². The third kappa shape index (κ3) is 6.34. The van der Waals surface area contributed by atoms with E-state index in [9.17, 15) is 0 Å². The van der Waals surface area contributed by atoms with Crippen molar-refractivity contribution in [3.63, 3.8) is 0 Å². The summed E-state index contributed by atoms with van der Waals surface area (Å²) in [6, 6.07) is 73.1. The second-order valence-corrected chi connectivity index (χ2v) is 16.5. The molecular weight excluding hydrogens is 765 g/mol. The van der Waals surface area contributed by atoms with Crippen molar-refractivity contribution in [2.24, 2.45) is 20.0 Å². The maximum Gasteiger partial charge on any atom is 0.166 e. The minimum atomic E-state index is -0.224. The molecular formula is C54H36N6S. The molecule has 12 rings (SSSR count). The fourth-order valence-electron chi connectivity index (χ4n) is 8.66. The van der Waals surface area contributed by atoms with Gasteiger partial charge in [-0.25, -0.2) is 0 Å². The van der Waals surface area contributed by atoms with Gasteiger partial charge in [0.2, 0.25) is 0 Å². The molecule has 288 valence electrons. The summed E-state index contributed by atoms with van der Waals surface area (Å²) in [5.74, 6) is 0. The summed E-state index contributed by atoms with van der Waals surface area (Å²) in [6.07, 6.45) is -0.447. The van der Waals surface area contributed by atoms with E-state index in [0.717, 1.165) is 66.7 Å². The minimum absolute atomic E-state index is 0.223. The zero-order valence-electron chi connectivity index (χ0n) is 32.9. The van der Waals surface area contributed by atoms with Crippen LogP contribution in [0.1, 0.15) is 23.5 Å². The number of hydrogen-bond acceptors (Lipinski definition) is 7. The van der Waals surface area contributed by atoms with Crippen LogP contribution in [0.2, 0.25) is 0 Å². The first-order valence-electron chi connectivity index (χ1n) is 20.5. The quantitative estimate of drug-likeness (QED) is 0.154. The minimum Gasteiger partial charge on any atom is -0.310 e. The van der Waals surface area contributed by atoms with Gasteiger partial charge in [0.05, 0.1) is 21.4 Å².